The fourth-order valence-electron chi connectivity index (χ4n) is 7.42. The summed E-state index contributed by atoms with van der Waals surface area (Å²) < 4.78 is 14.0. The van der Waals surface area contributed by atoms with Crippen LogP contribution >= 0.6 is 54.5 Å². The fraction of sp³-hybridized carbons (Fsp3) is 0.348. The Morgan fingerprint density at radius 1 is 0.481 bits per heavy atom. The second-order valence-corrected chi connectivity index (χ2v) is 19.1. The Morgan fingerprint density at radius 2 is 0.833 bits per heavy atom. The molecule has 7 rings (SSSR count). The van der Waals surface area contributed by atoms with Crippen LogP contribution in [0.1, 0.15) is 113 Å². The lowest BCUT2D eigenvalue weighted by Crippen LogP contribution is -2.11. The van der Waals surface area contributed by atoms with E-state index < -0.39 is 11.9 Å². The molecule has 0 spiro atoms. The second kappa shape index (κ2) is 18.1. The van der Waals surface area contributed by atoms with Crippen LogP contribution < -0.4 is 19.9 Å². The van der Waals surface area contributed by atoms with Crippen LogP contribution in [0.15, 0.2) is 80.4 Å². The van der Waals surface area contributed by atoms with E-state index in [1.165, 1.54) is 106 Å². The topological polar surface area (TPSA) is 52.6 Å². The largest absolute Gasteiger partial charge is 0.422 e. The molecule has 0 saturated heterocycles. The van der Waals surface area contributed by atoms with Crippen molar-refractivity contribution in [1.29, 1.82) is 0 Å². The lowest BCUT2D eigenvalue weighted by Gasteiger charge is -2.03. The maximum Gasteiger partial charge on any atom is 0.344 e. The highest BCUT2D eigenvalue weighted by Crippen LogP contribution is 2.38. The quantitative estimate of drug-likeness (QED) is 0.0500. The molecule has 0 atom stereocenters. The average molecular weight is 887 g/mol. The van der Waals surface area contributed by atoms with Gasteiger partial charge in [0, 0.05) is 20.2 Å². The van der Waals surface area contributed by atoms with Gasteiger partial charge in [0.15, 0.2) is 0 Å². The molecule has 0 N–H and O–H groups in total. The van der Waals surface area contributed by atoms with Gasteiger partial charge in [-0.05, 0) is 115 Å². The first-order valence-electron chi connectivity index (χ1n) is 19.5. The third-order valence-corrected chi connectivity index (χ3v) is 14.5. The Hall–Kier alpha value is -3.30. The van der Waals surface area contributed by atoms with Crippen molar-refractivity contribution in [1.82, 2.24) is 0 Å². The fourth-order valence-corrected chi connectivity index (χ4v) is 11.0. The highest BCUT2D eigenvalue weighted by Gasteiger charge is 2.30. The number of carbonyl (C=O) groups excluding carboxylic acids is 2. The zero-order chi connectivity index (χ0) is 37.6. The van der Waals surface area contributed by atoms with Crippen LogP contribution in [0.25, 0.3) is 32.0 Å². The van der Waals surface area contributed by atoms with E-state index >= 15 is 0 Å². The average Bonchev–Trinajstić information content (AvgIpc) is 3.91. The van der Waals surface area contributed by atoms with Crippen LogP contribution in [0.3, 0.4) is 0 Å². The first-order valence-corrected chi connectivity index (χ1v) is 22.7. The lowest BCUT2D eigenvalue weighted by atomic mass is 9.99. The van der Waals surface area contributed by atoms with E-state index in [2.05, 4.69) is 82.1 Å². The summed E-state index contributed by atoms with van der Waals surface area (Å²) in [7, 11) is 0. The molecule has 54 heavy (non-hydrogen) atoms. The monoisotopic (exact) mass is 884 g/mol. The number of carbonyl (C=O) groups is 2. The van der Waals surface area contributed by atoms with Gasteiger partial charge >= 0.3 is 11.9 Å². The summed E-state index contributed by atoms with van der Waals surface area (Å²) in [5.41, 5.74) is 7.42. The summed E-state index contributed by atoms with van der Waals surface area (Å²) in [6, 6.07) is 24.3. The number of rotatable bonds is 18. The smallest absolute Gasteiger partial charge is 0.344 e. The molecule has 2 aliphatic heterocycles. The van der Waals surface area contributed by atoms with E-state index in [1.54, 1.807) is 34.8 Å². The van der Waals surface area contributed by atoms with Crippen molar-refractivity contribution in [2.24, 2.45) is 0 Å². The molecule has 0 radical (unpaired) electrons. The van der Waals surface area contributed by atoms with Crippen LogP contribution in [0.2, 0.25) is 0 Å². The van der Waals surface area contributed by atoms with Gasteiger partial charge in [-0.1, -0.05) is 127 Å². The summed E-state index contributed by atoms with van der Waals surface area (Å²) in [5, 5.41) is 1.27. The van der Waals surface area contributed by atoms with Crippen molar-refractivity contribution in [3.63, 3.8) is 0 Å². The zero-order valence-corrected chi connectivity index (χ0v) is 35.8. The lowest BCUT2D eigenvalue weighted by molar-refractivity contribution is -0.128. The Morgan fingerprint density at radius 3 is 1.22 bits per heavy atom. The standard InChI is InChI=1S/C46H46Br2O4S2/c1-3-5-7-9-11-13-15-33-25-39(53-43(33)47)29-17-21-31(22-18-29)41-35-27-38-36(28-37(35)51-45(41)49)42(46(50)52-38)32-23-19-30(20-24-32)40-26-34(44(48)54-40)16-14-12-10-8-6-4-2/h17-28H,3-16H2,1-2H3. The highest BCUT2D eigenvalue weighted by molar-refractivity contribution is 9.11. The molecular formula is C46H46Br2O4S2. The Bertz CT molecular complexity index is 2100. The molecule has 2 aliphatic rings. The van der Waals surface area contributed by atoms with Crippen LogP contribution in [-0.2, 0) is 22.4 Å². The number of fused-ring (bicyclic) bond motifs is 2. The van der Waals surface area contributed by atoms with E-state index in [-0.39, 0.29) is 0 Å². The van der Waals surface area contributed by atoms with Gasteiger partial charge in [-0.15, -0.1) is 22.7 Å². The molecule has 280 valence electrons. The molecule has 0 saturated carbocycles. The molecule has 0 unspecified atom stereocenters. The molecular weight excluding hydrogens is 840 g/mol. The van der Waals surface area contributed by atoms with Crippen LogP contribution in [0.4, 0.5) is 0 Å². The Balaban J connectivity index is 1.08. The van der Waals surface area contributed by atoms with E-state index in [4.69, 9.17) is 9.47 Å². The minimum absolute atomic E-state index is 0.406. The number of unbranched alkanes of at least 4 members (excludes halogenated alkanes) is 10. The van der Waals surface area contributed by atoms with Crippen LogP contribution in [-0.4, -0.2) is 11.9 Å². The molecule has 5 aromatic rings. The number of benzene rings is 3. The number of halogens is 2. The molecule has 8 heteroatoms. The summed E-state index contributed by atoms with van der Waals surface area (Å²) in [5.74, 6) is 0.0645. The maximum absolute atomic E-state index is 13.3. The number of esters is 2. The molecule has 0 aliphatic carbocycles. The van der Waals surface area contributed by atoms with Crippen molar-refractivity contribution >= 4 is 77.6 Å². The summed E-state index contributed by atoms with van der Waals surface area (Å²) in [6.07, 6.45) is 17.6. The third-order valence-electron chi connectivity index (χ3n) is 10.5. The molecule has 0 fully saturated rings. The van der Waals surface area contributed by atoms with Gasteiger partial charge in [-0.25, -0.2) is 9.59 Å². The zero-order valence-electron chi connectivity index (χ0n) is 31.0. The maximum atomic E-state index is 13.3. The van der Waals surface area contributed by atoms with Crippen molar-refractivity contribution in [2.75, 3.05) is 0 Å². The SMILES string of the molecule is CCCCCCCCc1cc(-c2ccc(C3=c4cc5c(cc4OC3=O)=C(c3ccc(-c4cc(CCCCCCCC)c(Br)s4)cc3)C(=O)O5)cc2)sc1Br. The van der Waals surface area contributed by atoms with E-state index in [1.807, 2.05) is 24.3 Å². The minimum atomic E-state index is -0.406. The van der Waals surface area contributed by atoms with Crippen molar-refractivity contribution in [3.8, 4) is 32.4 Å². The van der Waals surface area contributed by atoms with Gasteiger partial charge in [0.05, 0.1) is 18.7 Å². The number of thiophene rings is 2. The summed E-state index contributed by atoms with van der Waals surface area (Å²) >= 11 is 11.1. The van der Waals surface area contributed by atoms with Gasteiger partial charge < -0.3 is 9.47 Å². The summed E-state index contributed by atoms with van der Waals surface area (Å²) in [4.78, 5) is 29.0. The van der Waals surface area contributed by atoms with E-state index in [0.717, 1.165) is 35.1 Å². The molecule has 0 amide bonds. The van der Waals surface area contributed by atoms with Crippen molar-refractivity contribution in [2.45, 2.75) is 104 Å². The second-order valence-electron chi connectivity index (χ2n) is 14.4. The number of hydrogen-bond donors (Lipinski definition) is 0. The van der Waals surface area contributed by atoms with Crippen molar-refractivity contribution < 1.29 is 19.1 Å². The van der Waals surface area contributed by atoms with Gasteiger partial charge in [-0.3, -0.25) is 0 Å². The predicted molar refractivity (Wildman–Crippen MR) is 231 cm³/mol. The first-order chi connectivity index (χ1) is 26.3. The van der Waals surface area contributed by atoms with Gasteiger partial charge in [0.2, 0.25) is 0 Å². The number of aryl methyl sites for hydroxylation is 2. The van der Waals surface area contributed by atoms with Crippen molar-refractivity contribution in [3.05, 3.63) is 113 Å². The Kier molecular flexibility index (Phi) is 13.1. The minimum Gasteiger partial charge on any atom is -0.422 e. The number of ether oxygens (including phenoxy) is 2. The first kappa shape index (κ1) is 39.0. The van der Waals surface area contributed by atoms with Gasteiger partial charge in [0.1, 0.15) is 11.5 Å². The van der Waals surface area contributed by atoms with E-state index in [0.29, 0.717) is 33.1 Å². The molecule has 4 heterocycles. The van der Waals surface area contributed by atoms with Crippen LogP contribution in [0, 0.1) is 0 Å². The molecule has 4 nitrogen and oxygen atoms in total. The van der Waals surface area contributed by atoms with Crippen LogP contribution in [0.5, 0.6) is 11.5 Å². The van der Waals surface area contributed by atoms with E-state index in [9.17, 15) is 9.59 Å². The summed E-state index contributed by atoms with van der Waals surface area (Å²) in [6.45, 7) is 4.50. The van der Waals surface area contributed by atoms with Gasteiger partial charge in [0.25, 0.3) is 0 Å². The molecule has 2 aromatic heterocycles. The highest BCUT2D eigenvalue weighted by atomic mass is 79.9. The molecule has 0 bridgehead atoms. The third kappa shape index (κ3) is 8.72. The Labute approximate surface area is 343 Å². The molecule has 3 aromatic carbocycles. The van der Waals surface area contributed by atoms with Gasteiger partial charge in [-0.2, -0.15) is 0 Å². The number of hydrogen-bond acceptors (Lipinski definition) is 6. The predicted octanol–water partition coefficient (Wildman–Crippen LogP) is 12.7. The normalized spacial score (nSPS) is 13.4.